The summed E-state index contributed by atoms with van der Waals surface area (Å²) in [6.07, 6.45) is 2.27. The van der Waals surface area contributed by atoms with E-state index >= 15 is 0 Å². The van der Waals surface area contributed by atoms with Crippen LogP contribution in [0.3, 0.4) is 0 Å². The van der Waals surface area contributed by atoms with E-state index in [1.807, 2.05) is 18.2 Å². The molecule has 2 N–H and O–H groups in total. The van der Waals surface area contributed by atoms with Gasteiger partial charge in [-0.1, -0.05) is 121 Å². The fourth-order valence-electron chi connectivity index (χ4n) is 4.25. The molecule has 0 aromatic heterocycles. The second kappa shape index (κ2) is 9.42. The summed E-state index contributed by atoms with van der Waals surface area (Å²) in [5.74, 6) is 0. The van der Waals surface area contributed by atoms with Crippen LogP contribution in [0.4, 0.5) is 5.69 Å². The zero-order valence-electron chi connectivity index (χ0n) is 18.4. The molecule has 0 aliphatic heterocycles. The Morgan fingerprint density at radius 1 is 0.515 bits per heavy atom. The minimum absolute atomic E-state index is 0.763. The average Bonchev–Trinajstić information content (AvgIpc) is 2.89. The van der Waals surface area contributed by atoms with E-state index in [1.54, 1.807) is 0 Å². The molecule has 0 atom stereocenters. The van der Waals surface area contributed by atoms with Crippen molar-refractivity contribution < 1.29 is 0 Å². The lowest BCUT2D eigenvalue weighted by atomic mass is 9.85. The van der Waals surface area contributed by atoms with Crippen LogP contribution in [0, 0.1) is 0 Å². The Labute approximate surface area is 195 Å². The molecule has 0 aliphatic carbocycles. The van der Waals surface area contributed by atoms with Gasteiger partial charge >= 0.3 is 0 Å². The summed E-state index contributed by atoms with van der Waals surface area (Å²) < 4.78 is 0. The van der Waals surface area contributed by atoms with Crippen molar-refractivity contribution in [1.82, 2.24) is 0 Å². The van der Waals surface area contributed by atoms with Crippen LogP contribution < -0.4 is 5.73 Å². The molecule has 1 heteroatoms. The van der Waals surface area contributed by atoms with E-state index < -0.39 is 0 Å². The highest BCUT2D eigenvalue weighted by atomic mass is 14.5. The molecule has 158 valence electrons. The first-order valence-corrected chi connectivity index (χ1v) is 11.2. The highest BCUT2D eigenvalue weighted by Gasteiger charge is 2.16. The Balaban J connectivity index is 1.81. The lowest BCUT2D eigenvalue weighted by Crippen LogP contribution is -1.96. The molecular formula is C32H25N. The van der Waals surface area contributed by atoms with Crippen LogP contribution in [0.5, 0.6) is 0 Å². The van der Waals surface area contributed by atoms with Gasteiger partial charge in [-0.15, -0.1) is 0 Å². The van der Waals surface area contributed by atoms with Crippen molar-refractivity contribution in [3.63, 3.8) is 0 Å². The zero-order chi connectivity index (χ0) is 22.5. The molecule has 0 unspecified atom stereocenters. The van der Waals surface area contributed by atoms with Gasteiger partial charge in [0, 0.05) is 5.69 Å². The number of anilines is 1. The molecule has 0 saturated heterocycles. The van der Waals surface area contributed by atoms with E-state index in [1.165, 1.54) is 27.8 Å². The minimum Gasteiger partial charge on any atom is -0.399 e. The van der Waals surface area contributed by atoms with Crippen LogP contribution >= 0.6 is 0 Å². The standard InChI is InChI=1S/C32H25N/c33-28-21-19-26(20-22-28)31(23-24-11-4-1-5-12-24)30-18-10-17-29(25-13-6-2-7-14-25)32(30)27-15-8-3-9-16-27/h1-23H,33H2. The van der Waals surface area contributed by atoms with Gasteiger partial charge in [0.1, 0.15) is 0 Å². The largest absolute Gasteiger partial charge is 0.399 e. The van der Waals surface area contributed by atoms with Gasteiger partial charge in [0.25, 0.3) is 0 Å². The van der Waals surface area contributed by atoms with Crippen LogP contribution in [0.1, 0.15) is 16.7 Å². The van der Waals surface area contributed by atoms with Crippen LogP contribution in [-0.4, -0.2) is 0 Å². The van der Waals surface area contributed by atoms with E-state index in [0.29, 0.717) is 0 Å². The molecule has 0 fully saturated rings. The maximum Gasteiger partial charge on any atom is 0.0314 e. The first kappa shape index (κ1) is 20.5. The molecule has 1 nitrogen and oxygen atoms in total. The Bertz CT molecular complexity index is 1370. The van der Waals surface area contributed by atoms with Crippen molar-refractivity contribution in [3.05, 3.63) is 150 Å². The molecule has 0 saturated carbocycles. The molecule has 0 heterocycles. The van der Waals surface area contributed by atoms with Gasteiger partial charge in [-0.05, 0) is 62.7 Å². The van der Waals surface area contributed by atoms with Crippen LogP contribution in [0.15, 0.2) is 133 Å². The lowest BCUT2D eigenvalue weighted by molar-refractivity contribution is 1.52. The molecule has 5 rings (SSSR count). The third kappa shape index (κ3) is 4.49. The van der Waals surface area contributed by atoms with E-state index in [9.17, 15) is 0 Å². The Kier molecular flexibility index (Phi) is 5.86. The molecule has 5 aromatic carbocycles. The topological polar surface area (TPSA) is 26.0 Å². The Morgan fingerprint density at radius 3 is 1.73 bits per heavy atom. The van der Waals surface area contributed by atoms with Crippen molar-refractivity contribution in [2.75, 3.05) is 5.73 Å². The number of hydrogen-bond donors (Lipinski definition) is 1. The molecule has 0 amide bonds. The highest BCUT2D eigenvalue weighted by molar-refractivity contribution is 6.00. The lowest BCUT2D eigenvalue weighted by Gasteiger charge is -2.19. The predicted molar refractivity (Wildman–Crippen MR) is 142 cm³/mol. The van der Waals surface area contributed by atoms with Crippen molar-refractivity contribution in [2.45, 2.75) is 0 Å². The van der Waals surface area contributed by atoms with Crippen molar-refractivity contribution in [3.8, 4) is 22.3 Å². The fourth-order valence-corrected chi connectivity index (χ4v) is 4.25. The normalized spacial score (nSPS) is 11.3. The molecule has 0 aliphatic rings. The van der Waals surface area contributed by atoms with Gasteiger partial charge < -0.3 is 5.73 Å². The van der Waals surface area contributed by atoms with Crippen LogP contribution in [-0.2, 0) is 0 Å². The van der Waals surface area contributed by atoms with Crippen LogP contribution in [0.2, 0.25) is 0 Å². The van der Waals surface area contributed by atoms with Crippen molar-refractivity contribution in [1.29, 1.82) is 0 Å². The highest BCUT2D eigenvalue weighted by Crippen LogP contribution is 2.40. The summed E-state index contributed by atoms with van der Waals surface area (Å²) >= 11 is 0. The number of nitrogen functional groups attached to an aromatic ring is 1. The SMILES string of the molecule is Nc1ccc(C(=Cc2ccccc2)c2cccc(-c3ccccc3)c2-c2ccccc2)cc1. The number of nitrogens with two attached hydrogens (primary N) is 1. The number of hydrogen-bond acceptors (Lipinski definition) is 1. The predicted octanol–water partition coefficient (Wildman–Crippen LogP) is 8.19. The van der Waals surface area contributed by atoms with E-state index in [4.69, 9.17) is 5.73 Å². The molecule has 5 aromatic rings. The summed E-state index contributed by atoms with van der Waals surface area (Å²) in [4.78, 5) is 0. The first-order valence-electron chi connectivity index (χ1n) is 11.2. The smallest absolute Gasteiger partial charge is 0.0314 e. The molecule has 0 radical (unpaired) electrons. The van der Waals surface area contributed by atoms with Crippen LogP contribution in [0.25, 0.3) is 33.9 Å². The summed E-state index contributed by atoms with van der Waals surface area (Å²) in [6, 6.07) is 46.5. The molecular weight excluding hydrogens is 398 g/mol. The quantitative estimate of drug-likeness (QED) is 0.224. The van der Waals surface area contributed by atoms with Gasteiger partial charge in [0.05, 0.1) is 0 Å². The van der Waals surface area contributed by atoms with Gasteiger partial charge in [-0.25, -0.2) is 0 Å². The van der Waals surface area contributed by atoms with Crippen molar-refractivity contribution >= 4 is 17.3 Å². The maximum atomic E-state index is 6.02. The zero-order valence-corrected chi connectivity index (χ0v) is 18.4. The van der Waals surface area contributed by atoms with Gasteiger partial charge in [0.2, 0.25) is 0 Å². The molecule has 0 spiro atoms. The van der Waals surface area contributed by atoms with E-state index in [0.717, 1.165) is 22.4 Å². The summed E-state index contributed by atoms with van der Waals surface area (Å²) in [7, 11) is 0. The van der Waals surface area contributed by atoms with E-state index in [2.05, 4.69) is 121 Å². The monoisotopic (exact) mass is 423 g/mol. The molecule has 33 heavy (non-hydrogen) atoms. The Morgan fingerprint density at radius 2 is 1.09 bits per heavy atom. The summed E-state index contributed by atoms with van der Waals surface area (Å²) in [5.41, 5.74) is 16.3. The first-order chi connectivity index (χ1) is 16.3. The third-order valence-corrected chi connectivity index (χ3v) is 5.83. The molecule has 0 bridgehead atoms. The minimum atomic E-state index is 0.763. The number of benzene rings is 5. The maximum absolute atomic E-state index is 6.02. The fraction of sp³-hybridized carbons (Fsp3) is 0. The number of rotatable bonds is 5. The summed E-state index contributed by atoms with van der Waals surface area (Å²) in [5, 5.41) is 0. The van der Waals surface area contributed by atoms with Crippen molar-refractivity contribution in [2.24, 2.45) is 0 Å². The van der Waals surface area contributed by atoms with E-state index in [-0.39, 0.29) is 0 Å². The second-order valence-corrected chi connectivity index (χ2v) is 8.05. The van der Waals surface area contributed by atoms with Gasteiger partial charge in [0.15, 0.2) is 0 Å². The third-order valence-electron chi connectivity index (χ3n) is 5.83. The second-order valence-electron chi connectivity index (χ2n) is 8.05. The summed E-state index contributed by atoms with van der Waals surface area (Å²) in [6.45, 7) is 0. The van der Waals surface area contributed by atoms with Gasteiger partial charge in [-0.3, -0.25) is 0 Å². The average molecular weight is 424 g/mol. The van der Waals surface area contributed by atoms with Gasteiger partial charge in [-0.2, -0.15) is 0 Å². The Hall–Kier alpha value is -4.36.